The summed E-state index contributed by atoms with van der Waals surface area (Å²) >= 11 is 0. The minimum Gasteiger partial charge on any atom is -0.466 e. The topological polar surface area (TPSA) is 44.8 Å². The molecule has 0 N–H and O–H groups in total. The SMILES string of the molecule is CC(=O)OCC[C@@H]1OC(C)(C)OC[C@H]1C. The number of ether oxygens (including phenoxy) is 3. The number of hydrogen-bond donors (Lipinski definition) is 0. The van der Waals surface area contributed by atoms with Crippen LogP contribution >= 0.6 is 0 Å². The summed E-state index contributed by atoms with van der Waals surface area (Å²) in [4.78, 5) is 10.6. The first-order chi connectivity index (χ1) is 6.91. The molecule has 4 nitrogen and oxygen atoms in total. The summed E-state index contributed by atoms with van der Waals surface area (Å²) in [5, 5.41) is 0. The lowest BCUT2D eigenvalue weighted by Gasteiger charge is -2.39. The lowest BCUT2D eigenvalue weighted by atomic mass is 10.0. The highest BCUT2D eigenvalue weighted by Crippen LogP contribution is 2.27. The Bertz CT molecular complexity index is 225. The van der Waals surface area contributed by atoms with Gasteiger partial charge in [0.05, 0.1) is 19.3 Å². The van der Waals surface area contributed by atoms with Gasteiger partial charge < -0.3 is 14.2 Å². The average molecular weight is 216 g/mol. The van der Waals surface area contributed by atoms with Gasteiger partial charge in [-0.2, -0.15) is 0 Å². The van der Waals surface area contributed by atoms with E-state index in [4.69, 9.17) is 14.2 Å². The Morgan fingerprint density at radius 1 is 1.53 bits per heavy atom. The van der Waals surface area contributed by atoms with Crippen LogP contribution in [0.25, 0.3) is 0 Å². The van der Waals surface area contributed by atoms with E-state index in [-0.39, 0.29) is 12.1 Å². The molecule has 0 radical (unpaired) electrons. The first kappa shape index (κ1) is 12.5. The maximum atomic E-state index is 10.6. The lowest BCUT2D eigenvalue weighted by Crippen LogP contribution is -2.45. The Kier molecular flexibility index (Phi) is 4.11. The van der Waals surface area contributed by atoms with Crippen molar-refractivity contribution < 1.29 is 19.0 Å². The van der Waals surface area contributed by atoms with Gasteiger partial charge in [0.1, 0.15) is 0 Å². The van der Waals surface area contributed by atoms with Crippen molar-refractivity contribution in [2.45, 2.75) is 46.0 Å². The van der Waals surface area contributed by atoms with Crippen molar-refractivity contribution in [3.05, 3.63) is 0 Å². The maximum Gasteiger partial charge on any atom is 0.302 e. The highest BCUT2D eigenvalue weighted by molar-refractivity contribution is 5.65. The van der Waals surface area contributed by atoms with Crippen LogP contribution in [0.4, 0.5) is 0 Å². The third kappa shape index (κ3) is 4.18. The second-order valence-corrected chi connectivity index (χ2v) is 4.47. The maximum absolute atomic E-state index is 10.6. The highest BCUT2D eigenvalue weighted by Gasteiger charge is 2.33. The average Bonchev–Trinajstić information content (AvgIpc) is 2.10. The fourth-order valence-electron chi connectivity index (χ4n) is 1.62. The van der Waals surface area contributed by atoms with Crippen molar-refractivity contribution in [3.63, 3.8) is 0 Å². The molecule has 2 atom stereocenters. The van der Waals surface area contributed by atoms with E-state index in [9.17, 15) is 4.79 Å². The van der Waals surface area contributed by atoms with E-state index in [1.807, 2.05) is 13.8 Å². The zero-order chi connectivity index (χ0) is 11.5. The largest absolute Gasteiger partial charge is 0.466 e. The Balaban J connectivity index is 2.35. The van der Waals surface area contributed by atoms with Crippen LogP contribution in [0, 0.1) is 5.92 Å². The summed E-state index contributed by atoms with van der Waals surface area (Å²) in [6, 6.07) is 0. The van der Waals surface area contributed by atoms with Crippen LogP contribution in [0.2, 0.25) is 0 Å². The first-order valence-corrected chi connectivity index (χ1v) is 5.36. The van der Waals surface area contributed by atoms with Crippen LogP contribution in [0.15, 0.2) is 0 Å². The minimum atomic E-state index is -0.520. The van der Waals surface area contributed by atoms with Crippen LogP contribution in [-0.4, -0.2) is 31.1 Å². The number of hydrogen-bond acceptors (Lipinski definition) is 4. The van der Waals surface area contributed by atoms with Gasteiger partial charge >= 0.3 is 5.97 Å². The van der Waals surface area contributed by atoms with Crippen molar-refractivity contribution in [2.75, 3.05) is 13.2 Å². The summed E-state index contributed by atoms with van der Waals surface area (Å²) in [7, 11) is 0. The summed E-state index contributed by atoms with van der Waals surface area (Å²) < 4.78 is 16.2. The molecule has 0 aromatic carbocycles. The molecule has 1 aliphatic heterocycles. The number of esters is 1. The van der Waals surface area contributed by atoms with Gasteiger partial charge in [0.15, 0.2) is 5.79 Å². The third-order valence-corrected chi connectivity index (χ3v) is 2.47. The summed E-state index contributed by atoms with van der Waals surface area (Å²) in [6.45, 7) is 8.40. The van der Waals surface area contributed by atoms with Gasteiger partial charge in [-0.25, -0.2) is 0 Å². The Hall–Kier alpha value is -0.610. The molecule has 0 bridgehead atoms. The molecular formula is C11H20O4. The molecule has 0 aliphatic carbocycles. The molecular weight excluding hydrogens is 196 g/mol. The normalized spacial score (nSPS) is 29.9. The van der Waals surface area contributed by atoms with Gasteiger partial charge in [0.2, 0.25) is 0 Å². The first-order valence-electron chi connectivity index (χ1n) is 5.36. The fourth-order valence-corrected chi connectivity index (χ4v) is 1.62. The van der Waals surface area contributed by atoms with E-state index in [1.165, 1.54) is 6.92 Å². The second-order valence-electron chi connectivity index (χ2n) is 4.47. The molecule has 0 unspecified atom stereocenters. The van der Waals surface area contributed by atoms with Gasteiger partial charge in [-0.3, -0.25) is 4.79 Å². The Labute approximate surface area is 90.9 Å². The van der Waals surface area contributed by atoms with Gasteiger partial charge in [-0.1, -0.05) is 6.92 Å². The molecule has 0 spiro atoms. The van der Waals surface area contributed by atoms with Crippen LogP contribution in [-0.2, 0) is 19.0 Å². The van der Waals surface area contributed by atoms with Gasteiger partial charge in [-0.05, 0) is 13.8 Å². The molecule has 15 heavy (non-hydrogen) atoms. The van der Waals surface area contributed by atoms with Crippen LogP contribution in [0.1, 0.15) is 34.1 Å². The minimum absolute atomic E-state index is 0.105. The summed E-state index contributed by atoms with van der Waals surface area (Å²) in [5.74, 6) is -0.421. The Morgan fingerprint density at radius 2 is 2.20 bits per heavy atom. The van der Waals surface area contributed by atoms with Crippen molar-refractivity contribution >= 4 is 5.97 Å². The van der Waals surface area contributed by atoms with E-state index in [0.29, 0.717) is 19.1 Å². The second kappa shape index (κ2) is 4.94. The zero-order valence-electron chi connectivity index (χ0n) is 9.91. The predicted molar refractivity (Wildman–Crippen MR) is 55.3 cm³/mol. The zero-order valence-corrected chi connectivity index (χ0v) is 9.91. The van der Waals surface area contributed by atoms with Crippen molar-refractivity contribution in [1.29, 1.82) is 0 Å². The number of carbonyl (C=O) groups excluding carboxylic acids is 1. The molecule has 88 valence electrons. The Morgan fingerprint density at radius 3 is 2.80 bits per heavy atom. The smallest absolute Gasteiger partial charge is 0.302 e. The monoisotopic (exact) mass is 216 g/mol. The molecule has 1 aliphatic rings. The molecule has 4 heteroatoms. The van der Waals surface area contributed by atoms with E-state index in [0.717, 1.165) is 6.42 Å². The molecule has 1 saturated heterocycles. The number of rotatable bonds is 3. The van der Waals surface area contributed by atoms with E-state index < -0.39 is 5.79 Å². The number of carbonyl (C=O) groups is 1. The van der Waals surface area contributed by atoms with Crippen LogP contribution in [0.3, 0.4) is 0 Å². The van der Waals surface area contributed by atoms with Gasteiger partial charge in [0, 0.05) is 19.3 Å². The third-order valence-electron chi connectivity index (χ3n) is 2.47. The molecule has 1 heterocycles. The molecule has 0 amide bonds. The fraction of sp³-hybridized carbons (Fsp3) is 0.909. The van der Waals surface area contributed by atoms with Crippen molar-refractivity contribution in [2.24, 2.45) is 5.92 Å². The van der Waals surface area contributed by atoms with Gasteiger partial charge in [-0.15, -0.1) is 0 Å². The van der Waals surface area contributed by atoms with Gasteiger partial charge in [0.25, 0.3) is 0 Å². The molecule has 0 saturated carbocycles. The van der Waals surface area contributed by atoms with E-state index in [1.54, 1.807) is 0 Å². The van der Waals surface area contributed by atoms with Crippen LogP contribution < -0.4 is 0 Å². The predicted octanol–water partition coefficient (Wildman–Crippen LogP) is 1.73. The molecule has 0 aromatic rings. The quantitative estimate of drug-likeness (QED) is 0.674. The molecule has 1 fully saturated rings. The van der Waals surface area contributed by atoms with Crippen LogP contribution in [0.5, 0.6) is 0 Å². The summed E-state index contributed by atoms with van der Waals surface area (Å²) in [5.41, 5.74) is 0. The van der Waals surface area contributed by atoms with Crippen molar-refractivity contribution in [3.8, 4) is 0 Å². The molecule has 1 rings (SSSR count). The van der Waals surface area contributed by atoms with E-state index >= 15 is 0 Å². The lowest BCUT2D eigenvalue weighted by molar-refractivity contribution is -0.292. The molecule has 0 aromatic heterocycles. The van der Waals surface area contributed by atoms with Crippen molar-refractivity contribution in [1.82, 2.24) is 0 Å². The standard InChI is InChI=1S/C11H20O4/c1-8-7-14-11(3,4)15-10(8)5-6-13-9(2)12/h8,10H,5-7H2,1-4H3/t8-,10+/m1/s1. The van der Waals surface area contributed by atoms with E-state index in [2.05, 4.69) is 6.92 Å². The highest BCUT2D eigenvalue weighted by atomic mass is 16.7. The summed E-state index contributed by atoms with van der Waals surface area (Å²) in [6.07, 6.45) is 0.834.